The number of nitrogens with one attached hydrogen (secondary N) is 2. The van der Waals surface area contributed by atoms with Gasteiger partial charge in [0.15, 0.2) is 0 Å². The average molecular weight is 296 g/mol. The average Bonchev–Trinajstić information content (AvgIpc) is 2.50. The van der Waals surface area contributed by atoms with Gasteiger partial charge in [-0.3, -0.25) is 0 Å². The third kappa shape index (κ3) is 4.96. The van der Waals surface area contributed by atoms with Gasteiger partial charge in [0, 0.05) is 30.0 Å². The van der Waals surface area contributed by atoms with E-state index in [1.165, 1.54) is 5.56 Å². The van der Waals surface area contributed by atoms with Crippen molar-refractivity contribution < 1.29 is 0 Å². The summed E-state index contributed by atoms with van der Waals surface area (Å²) in [6.07, 6.45) is 3.75. The van der Waals surface area contributed by atoms with Crippen LogP contribution in [0.4, 0.5) is 0 Å². The highest BCUT2D eigenvalue weighted by atomic mass is 14.9. The fourth-order valence-corrected chi connectivity index (χ4v) is 2.29. The minimum atomic E-state index is 0.163. The summed E-state index contributed by atoms with van der Waals surface area (Å²) in [6.45, 7) is 20.2. The van der Waals surface area contributed by atoms with Crippen LogP contribution in [-0.4, -0.2) is 13.1 Å². The summed E-state index contributed by atoms with van der Waals surface area (Å²) < 4.78 is 0. The fourth-order valence-electron chi connectivity index (χ4n) is 2.29. The number of aryl methyl sites for hydroxylation is 1. The smallest absolute Gasteiger partial charge is 0.0445 e. The molecule has 22 heavy (non-hydrogen) atoms. The maximum absolute atomic E-state index is 4.21. The van der Waals surface area contributed by atoms with E-state index in [2.05, 4.69) is 62.1 Å². The molecule has 2 nitrogen and oxygen atoms in total. The van der Waals surface area contributed by atoms with E-state index in [9.17, 15) is 0 Å². The zero-order valence-corrected chi connectivity index (χ0v) is 14.1. The predicted octanol–water partition coefficient (Wildman–Crippen LogP) is 4.66. The maximum atomic E-state index is 4.21. The van der Waals surface area contributed by atoms with Gasteiger partial charge in [0.2, 0.25) is 0 Å². The third-order valence-electron chi connectivity index (χ3n) is 3.71. The van der Waals surface area contributed by atoms with E-state index in [0.29, 0.717) is 0 Å². The molecular formula is C20H28N2. The fraction of sp³-hybridized carbons (Fsp3) is 0.300. The second kappa shape index (κ2) is 8.28. The molecule has 0 spiro atoms. The van der Waals surface area contributed by atoms with Crippen molar-refractivity contribution in [2.45, 2.75) is 32.7 Å². The van der Waals surface area contributed by atoms with Gasteiger partial charge in [-0.15, -0.1) is 6.58 Å². The zero-order valence-electron chi connectivity index (χ0n) is 14.1. The molecule has 2 N–H and O–H groups in total. The van der Waals surface area contributed by atoms with Gasteiger partial charge in [0.05, 0.1) is 0 Å². The van der Waals surface area contributed by atoms with Crippen LogP contribution >= 0.6 is 0 Å². The second-order valence-electron chi connectivity index (χ2n) is 5.69. The number of benzene rings is 1. The first-order valence-electron chi connectivity index (χ1n) is 7.59. The first kappa shape index (κ1) is 17.8. The Labute approximate surface area is 135 Å². The number of hydrogen-bond donors (Lipinski definition) is 2. The molecule has 1 unspecified atom stereocenters. The molecule has 0 heterocycles. The van der Waals surface area contributed by atoms with Crippen LogP contribution in [0.3, 0.4) is 0 Å². The lowest BCUT2D eigenvalue weighted by Crippen LogP contribution is -2.26. The number of allylic oxidation sites excluding steroid dienone is 2. The summed E-state index contributed by atoms with van der Waals surface area (Å²) in [5.41, 5.74) is 6.41. The van der Waals surface area contributed by atoms with E-state index in [1.807, 2.05) is 20.0 Å². The molecule has 1 aromatic carbocycles. The normalized spacial score (nSPS) is 11.4. The summed E-state index contributed by atoms with van der Waals surface area (Å²) in [5.74, 6) is 0. The monoisotopic (exact) mass is 296 g/mol. The van der Waals surface area contributed by atoms with Crippen LogP contribution in [0.2, 0.25) is 0 Å². The Morgan fingerprint density at radius 1 is 1.23 bits per heavy atom. The molecule has 0 saturated heterocycles. The van der Waals surface area contributed by atoms with Crippen LogP contribution in [0.1, 0.15) is 36.5 Å². The van der Waals surface area contributed by atoms with Gasteiger partial charge < -0.3 is 10.6 Å². The Kier molecular flexibility index (Phi) is 6.71. The predicted molar refractivity (Wildman–Crippen MR) is 99.5 cm³/mol. The summed E-state index contributed by atoms with van der Waals surface area (Å²) >= 11 is 0. The van der Waals surface area contributed by atoms with E-state index in [4.69, 9.17) is 0 Å². The molecule has 0 radical (unpaired) electrons. The molecule has 1 atom stereocenters. The van der Waals surface area contributed by atoms with E-state index in [1.54, 1.807) is 0 Å². The molecule has 118 valence electrons. The van der Waals surface area contributed by atoms with E-state index in [0.717, 1.165) is 40.9 Å². The highest BCUT2D eigenvalue weighted by Gasteiger charge is 2.11. The first-order valence-corrected chi connectivity index (χ1v) is 7.59. The minimum Gasteiger partial charge on any atom is -0.392 e. The summed E-state index contributed by atoms with van der Waals surface area (Å²) in [7, 11) is 1.89. The Balaban J connectivity index is 2.87. The number of hydrogen-bond acceptors (Lipinski definition) is 2. The first-order chi connectivity index (χ1) is 10.4. The molecular weight excluding hydrogens is 268 g/mol. The van der Waals surface area contributed by atoms with Gasteiger partial charge >= 0.3 is 0 Å². The maximum Gasteiger partial charge on any atom is 0.0445 e. The molecule has 0 aromatic heterocycles. The van der Waals surface area contributed by atoms with Gasteiger partial charge in [-0.1, -0.05) is 49.1 Å². The van der Waals surface area contributed by atoms with Gasteiger partial charge in [-0.25, -0.2) is 0 Å². The van der Waals surface area contributed by atoms with Crippen molar-refractivity contribution in [2.24, 2.45) is 0 Å². The zero-order chi connectivity index (χ0) is 16.7. The van der Waals surface area contributed by atoms with Crippen molar-refractivity contribution >= 4 is 11.3 Å². The molecule has 1 rings (SSSR count). The molecule has 0 amide bonds. The van der Waals surface area contributed by atoms with Crippen LogP contribution in [0.15, 0.2) is 56.3 Å². The van der Waals surface area contributed by atoms with Crippen molar-refractivity contribution in [3.8, 4) is 0 Å². The molecule has 0 bridgehead atoms. The van der Waals surface area contributed by atoms with Gasteiger partial charge in [0.25, 0.3) is 0 Å². The molecule has 0 aliphatic carbocycles. The van der Waals surface area contributed by atoms with Crippen LogP contribution in [0.25, 0.3) is 11.3 Å². The van der Waals surface area contributed by atoms with E-state index < -0.39 is 0 Å². The molecule has 0 aliphatic rings. The van der Waals surface area contributed by atoms with E-state index in [-0.39, 0.29) is 6.04 Å². The Morgan fingerprint density at radius 2 is 1.91 bits per heavy atom. The standard InChI is InChI=1S/C20H28N2/c1-8-18(11-10-16(5)21-7)22-17(6)20-13-15(4)9-12-19(20)14(2)3/h8-9,12-13,18,21-22H,1-2,5-6,10-11H2,3-4,7H3. The van der Waals surface area contributed by atoms with Crippen LogP contribution < -0.4 is 10.6 Å². The van der Waals surface area contributed by atoms with Crippen LogP contribution in [-0.2, 0) is 0 Å². The van der Waals surface area contributed by atoms with Crippen molar-refractivity contribution in [2.75, 3.05) is 7.05 Å². The third-order valence-corrected chi connectivity index (χ3v) is 3.71. The molecule has 0 fully saturated rings. The SMILES string of the molecule is C=CC(CCC(=C)NC)NC(=C)c1cc(C)ccc1C(=C)C. The van der Waals surface area contributed by atoms with Crippen molar-refractivity contribution in [1.82, 2.24) is 10.6 Å². The minimum absolute atomic E-state index is 0.163. The molecule has 1 aromatic rings. The topological polar surface area (TPSA) is 24.1 Å². The van der Waals surface area contributed by atoms with Gasteiger partial charge in [0.1, 0.15) is 0 Å². The van der Waals surface area contributed by atoms with Gasteiger partial charge in [-0.05, 0) is 38.3 Å². The summed E-state index contributed by atoms with van der Waals surface area (Å²) in [6, 6.07) is 6.51. The number of rotatable bonds is 9. The van der Waals surface area contributed by atoms with Gasteiger partial charge in [-0.2, -0.15) is 0 Å². The van der Waals surface area contributed by atoms with Crippen LogP contribution in [0.5, 0.6) is 0 Å². The van der Waals surface area contributed by atoms with Crippen molar-refractivity contribution in [3.05, 3.63) is 73.0 Å². The quantitative estimate of drug-likeness (QED) is 0.648. The molecule has 0 saturated carbocycles. The highest BCUT2D eigenvalue weighted by Crippen LogP contribution is 2.24. The Hall–Kier alpha value is -2.22. The van der Waals surface area contributed by atoms with Crippen molar-refractivity contribution in [1.29, 1.82) is 0 Å². The lowest BCUT2D eigenvalue weighted by Gasteiger charge is -2.21. The van der Waals surface area contributed by atoms with E-state index >= 15 is 0 Å². The molecule has 0 aliphatic heterocycles. The Bertz CT molecular complexity index is 581. The summed E-state index contributed by atoms with van der Waals surface area (Å²) in [5, 5.41) is 6.53. The molecule has 2 heteroatoms. The van der Waals surface area contributed by atoms with Crippen LogP contribution in [0, 0.1) is 6.92 Å². The lowest BCUT2D eigenvalue weighted by molar-refractivity contribution is 0.634. The lowest BCUT2D eigenvalue weighted by atomic mass is 9.97. The Morgan fingerprint density at radius 3 is 2.45 bits per heavy atom. The largest absolute Gasteiger partial charge is 0.392 e. The highest BCUT2D eigenvalue weighted by molar-refractivity contribution is 5.77. The second-order valence-corrected chi connectivity index (χ2v) is 5.69. The summed E-state index contributed by atoms with van der Waals surface area (Å²) in [4.78, 5) is 0. The van der Waals surface area contributed by atoms with Crippen molar-refractivity contribution in [3.63, 3.8) is 0 Å².